The van der Waals surface area contributed by atoms with E-state index in [0.717, 1.165) is 0 Å². The Bertz CT molecular complexity index is 172. The molecular weight excluding hydrogens is 186 g/mol. The smallest absolute Gasteiger partial charge is 0.317 e. The number of ether oxygens (including phenoxy) is 1. The van der Waals surface area contributed by atoms with Crippen molar-refractivity contribution < 1.29 is 19.7 Å². The van der Waals surface area contributed by atoms with Crippen molar-refractivity contribution in [2.45, 2.75) is 26.0 Å². The number of nitrogens with zero attached hydrogens (tertiary/aromatic N) is 1. The maximum absolute atomic E-state index is 10.5. The minimum atomic E-state index is -0.886. The van der Waals surface area contributed by atoms with E-state index in [1.807, 2.05) is 13.8 Å². The molecule has 0 saturated heterocycles. The lowest BCUT2D eigenvalue weighted by molar-refractivity contribution is -0.139. The van der Waals surface area contributed by atoms with Crippen LogP contribution < -0.4 is 0 Å². The van der Waals surface area contributed by atoms with Gasteiger partial charge in [-0.1, -0.05) is 0 Å². The second-order valence-corrected chi connectivity index (χ2v) is 3.53. The van der Waals surface area contributed by atoms with Gasteiger partial charge in [0, 0.05) is 19.7 Å². The molecule has 0 saturated carbocycles. The van der Waals surface area contributed by atoms with Gasteiger partial charge in [-0.15, -0.1) is 0 Å². The molecule has 0 fully saturated rings. The van der Waals surface area contributed by atoms with E-state index in [4.69, 9.17) is 9.84 Å². The summed E-state index contributed by atoms with van der Waals surface area (Å²) in [7, 11) is 1.50. The Morgan fingerprint density at radius 2 is 2.07 bits per heavy atom. The summed E-state index contributed by atoms with van der Waals surface area (Å²) in [4.78, 5) is 12.2. The monoisotopic (exact) mass is 205 g/mol. The number of carboxylic acids is 1. The molecule has 0 aromatic rings. The molecule has 0 amide bonds. The van der Waals surface area contributed by atoms with Gasteiger partial charge < -0.3 is 14.9 Å². The lowest BCUT2D eigenvalue weighted by Gasteiger charge is -2.26. The predicted molar refractivity (Wildman–Crippen MR) is 52.2 cm³/mol. The first-order chi connectivity index (χ1) is 6.47. The number of rotatable bonds is 7. The molecule has 5 heteroatoms. The van der Waals surface area contributed by atoms with Crippen molar-refractivity contribution in [2.24, 2.45) is 0 Å². The van der Waals surface area contributed by atoms with Gasteiger partial charge in [0.25, 0.3) is 0 Å². The van der Waals surface area contributed by atoms with Crippen LogP contribution in [0.2, 0.25) is 0 Å². The zero-order chi connectivity index (χ0) is 11.1. The highest BCUT2D eigenvalue weighted by Gasteiger charge is 2.16. The van der Waals surface area contributed by atoms with Crippen LogP contribution in [0.1, 0.15) is 13.8 Å². The van der Waals surface area contributed by atoms with E-state index >= 15 is 0 Å². The second kappa shape index (κ2) is 6.75. The summed E-state index contributed by atoms with van der Waals surface area (Å²) in [6, 6.07) is 0.0950. The van der Waals surface area contributed by atoms with Gasteiger partial charge in [0.2, 0.25) is 0 Å². The lowest BCUT2D eigenvalue weighted by Crippen LogP contribution is -2.42. The Hall–Kier alpha value is -0.650. The molecule has 1 atom stereocenters. The van der Waals surface area contributed by atoms with E-state index in [9.17, 15) is 9.90 Å². The predicted octanol–water partition coefficient (Wildman–Crippen LogP) is -0.211. The standard InChI is InChI=1S/C9H19NO4/c1-7(2)10(5-9(12)13)4-8(11)6-14-3/h7-8,11H,4-6H2,1-3H3,(H,12,13). The van der Waals surface area contributed by atoms with Crippen LogP contribution in [0.25, 0.3) is 0 Å². The highest BCUT2D eigenvalue weighted by atomic mass is 16.5. The minimum absolute atomic E-state index is 0.0571. The number of aliphatic hydroxyl groups excluding tert-OH is 1. The van der Waals surface area contributed by atoms with Crippen molar-refractivity contribution in [1.29, 1.82) is 0 Å². The summed E-state index contributed by atoms with van der Waals surface area (Å²) in [5, 5.41) is 18.0. The van der Waals surface area contributed by atoms with Gasteiger partial charge in [0.15, 0.2) is 0 Å². The number of methoxy groups -OCH3 is 1. The number of carboxylic acid groups (broad SMARTS) is 1. The van der Waals surface area contributed by atoms with E-state index < -0.39 is 12.1 Å². The Morgan fingerprint density at radius 1 is 1.50 bits per heavy atom. The second-order valence-electron chi connectivity index (χ2n) is 3.53. The van der Waals surface area contributed by atoms with Crippen LogP contribution in [0.5, 0.6) is 0 Å². The number of hydrogen-bond donors (Lipinski definition) is 2. The van der Waals surface area contributed by atoms with Crippen LogP contribution in [0.4, 0.5) is 0 Å². The number of carbonyl (C=O) groups is 1. The quantitative estimate of drug-likeness (QED) is 0.601. The number of hydrogen-bond acceptors (Lipinski definition) is 4. The fourth-order valence-corrected chi connectivity index (χ4v) is 1.15. The maximum atomic E-state index is 10.5. The molecule has 0 aliphatic carbocycles. The topological polar surface area (TPSA) is 70.0 Å². The third-order valence-electron chi connectivity index (χ3n) is 1.87. The molecule has 0 rings (SSSR count). The first-order valence-corrected chi connectivity index (χ1v) is 4.60. The van der Waals surface area contributed by atoms with E-state index in [-0.39, 0.29) is 19.2 Å². The third-order valence-corrected chi connectivity index (χ3v) is 1.87. The van der Waals surface area contributed by atoms with Crippen LogP contribution in [0.3, 0.4) is 0 Å². The van der Waals surface area contributed by atoms with Gasteiger partial charge in [-0.3, -0.25) is 9.69 Å². The molecule has 5 nitrogen and oxygen atoms in total. The molecule has 1 unspecified atom stereocenters. The SMILES string of the molecule is COCC(O)CN(CC(=O)O)C(C)C. The molecule has 0 heterocycles. The molecule has 84 valence electrons. The normalized spacial score (nSPS) is 13.6. The Labute approximate surface area is 84.3 Å². The van der Waals surface area contributed by atoms with E-state index in [0.29, 0.717) is 6.54 Å². The van der Waals surface area contributed by atoms with Gasteiger partial charge in [0.05, 0.1) is 19.3 Å². The minimum Gasteiger partial charge on any atom is -0.480 e. The molecule has 0 bridgehead atoms. The Kier molecular flexibility index (Phi) is 6.44. The van der Waals surface area contributed by atoms with Crippen LogP contribution in [0.15, 0.2) is 0 Å². The van der Waals surface area contributed by atoms with Gasteiger partial charge in [0.1, 0.15) is 0 Å². The third kappa shape index (κ3) is 5.90. The Morgan fingerprint density at radius 3 is 2.43 bits per heavy atom. The van der Waals surface area contributed by atoms with Crippen molar-refractivity contribution in [1.82, 2.24) is 4.90 Å². The van der Waals surface area contributed by atoms with E-state index in [1.54, 1.807) is 4.90 Å². The average Bonchev–Trinajstić information content (AvgIpc) is 2.02. The van der Waals surface area contributed by atoms with Crippen molar-refractivity contribution >= 4 is 5.97 Å². The van der Waals surface area contributed by atoms with Crippen LogP contribution in [-0.4, -0.2) is 60.0 Å². The average molecular weight is 205 g/mol. The highest BCUT2D eigenvalue weighted by molar-refractivity contribution is 5.69. The first kappa shape index (κ1) is 13.4. The molecule has 0 aliphatic rings. The number of aliphatic carboxylic acids is 1. The van der Waals surface area contributed by atoms with Crippen LogP contribution >= 0.6 is 0 Å². The Balaban J connectivity index is 4.02. The first-order valence-electron chi connectivity index (χ1n) is 4.60. The van der Waals surface area contributed by atoms with Gasteiger partial charge >= 0.3 is 5.97 Å². The van der Waals surface area contributed by atoms with Crippen LogP contribution in [-0.2, 0) is 9.53 Å². The summed E-state index contributed by atoms with van der Waals surface area (Å²) >= 11 is 0. The van der Waals surface area contributed by atoms with Crippen molar-refractivity contribution in [3.8, 4) is 0 Å². The lowest BCUT2D eigenvalue weighted by atomic mass is 10.2. The van der Waals surface area contributed by atoms with E-state index in [2.05, 4.69) is 0 Å². The van der Waals surface area contributed by atoms with Gasteiger partial charge in [-0.05, 0) is 13.8 Å². The summed E-state index contributed by atoms with van der Waals surface area (Å²) in [5.74, 6) is -0.886. The zero-order valence-corrected chi connectivity index (χ0v) is 8.93. The summed E-state index contributed by atoms with van der Waals surface area (Å²) < 4.78 is 4.77. The molecule has 0 aromatic carbocycles. The van der Waals surface area contributed by atoms with E-state index in [1.165, 1.54) is 7.11 Å². The summed E-state index contributed by atoms with van der Waals surface area (Å²) in [6.45, 7) is 4.27. The van der Waals surface area contributed by atoms with Crippen molar-refractivity contribution in [2.75, 3.05) is 26.8 Å². The maximum Gasteiger partial charge on any atom is 0.317 e. The molecule has 14 heavy (non-hydrogen) atoms. The fraction of sp³-hybridized carbons (Fsp3) is 0.889. The summed E-state index contributed by atoms with van der Waals surface area (Å²) in [6.07, 6.45) is -0.637. The highest BCUT2D eigenvalue weighted by Crippen LogP contribution is 2.00. The van der Waals surface area contributed by atoms with Crippen LogP contribution in [0, 0.1) is 0 Å². The zero-order valence-electron chi connectivity index (χ0n) is 8.93. The molecular formula is C9H19NO4. The molecule has 0 aromatic heterocycles. The fourth-order valence-electron chi connectivity index (χ4n) is 1.15. The largest absolute Gasteiger partial charge is 0.480 e. The molecule has 0 aliphatic heterocycles. The number of aliphatic hydroxyl groups is 1. The van der Waals surface area contributed by atoms with Gasteiger partial charge in [-0.2, -0.15) is 0 Å². The summed E-state index contributed by atoms with van der Waals surface area (Å²) in [5.41, 5.74) is 0. The van der Waals surface area contributed by atoms with Crippen molar-refractivity contribution in [3.05, 3.63) is 0 Å². The van der Waals surface area contributed by atoms with Crippen molar-refractivity contribution in [3.63, 3.8) is 0 Å². The van der Waals surface area contributed by atoms with Gasteiger partial charge in [-0.25, -0.2) is 0 Å². The molecule has 0 radical (unpaired) electrons. The molecule has 0 spiro atoms. The molecule has 2 N–H and O–H groups in total.